The fourth-order valence-electron chi connectivity index (χ4n) is 3.32. The summed E-state index contributed by atoms with van der Waals surface area (Å²) in [6.07, 6.45) is 2.63. The van der Waals surface area contributed by atoms with E-state index in [9.17, 15) is 0 Å². The van der Waals surface area contributed by atoms with E-state index in [-0.39, 0.29) is 0 Å². The molecule has 0 aromatic heterocycles. The minimum Gasteiger partial charge on any atom is -0.399 e. The lowest BCUT2D eigenvalue weighted by atomic mass is 9.95. The van der Waals surface area contributed by atoms with Gasteiger partial charge in [0.2, 0.25) is 0 Å². The molecule has 0 saturated carbocycles. The van der Waals surface area contributed by atoms with Crippen LogP contribution in [0.4, 0.5) is 11.4 Å². The Balaban J connectivity index is 1.47. The summed E-state index contributed by atoms with van der Waals surface area (Å²) in [6, 6.07) is 8.29. The number of hydrogen-bond acceptors (Lipinski definition) is 4. The minimum atomic E-state index is 0.849. The monoisotopic (exact) mass is 274 g/mol. The zero-order chi connectivity index (χ0) is 13.8. The van der Waals surface area contributed by atoms with Crippen molar-refractivity contribution in [3.63, 3.8) is 0 Å². The van der Waals surface area contributed by atoms with Crippen LogP contribution in [0.3, 0.4) is 0 Å². The smallest absolute Gasteiger partial charge is 0.0367 e. The van der Waals surface area contributed by atoms with E-state index in [0.717, 1.165) is 24.7 Å². The Kier molecular flexibility index (Phi) is 4.43. The number of benzene rings is 1. The van der Waals surface area contributed by atoms with E-state index in [1.807, 2.05) is 12.1 Å². The van der Waals surface area contributed by atoms with Crippen molar-refractivity contribution >= 4 is 11.4 Å². The second-order valence-corrected chi connectivity index (χ2v) is 6.07. The van der Waals surface area contributed by atoms with Crippen molar-refractivity contribution in [2.45, 2.75) is 12.8 Å². The van der Waals surface area contributed by atoms with E-state index < -0.39 is 0 Å². The Morgan fingerprint density at radius 3 is 2.30 bits per heavy atom. The van der Waals surface area contributed by atoms with E-state index >= 15 is 0 Å². The summed E-state index contributed by atoms with van der Waals surface area (Å²) in [5, 5.41) is 3.42. The number of piperidine rings is 1. The van der Waals surface area contributed by atoms with E-state index in [1.54, 1.807) is 0 Å². The van der Waals surface area contributed by atoms with Crippen LogP contribution in [0.15, 0.2) is 24.3 Å². The molecule has 3 rings (SSSR count). The molecule has 0 radical (unpaired) electrons. The Bertz CT molecular complexity index is 403. The fourth-order valence-corrected chi connectivity index (χ4v) is 3.32. The number of anilines is 2. The maximum Gasteiger partial charge on any atom is 0.0367 e. The molecule has 2 fully saturated rings. The molecule has 2 heterocycles. The van der Waals surface area contributed by atoms with Gasteiger partial charge >= 0.3 is 0 Å². The van der Waals surface area contributed by atoms with Crippen LogP contribution in [-0.2, 0) is 0 Å². The fraction of sp³-hybridized carbons (Fsp3) is 0.625. The first-order valence-corrected chi connectivity index (χ1v) is 7.85. The highest BCUT2D eigenvalue weighted by molar-refractivity contribution is 5.53. The van der Waals surface area contributed by atoms with Crippen LogP contribution in [0.5, 0.6) is 0 Å². The molecule has 1 aromatic carbocycles. The number of hydrogen-bond donors (Lipinski definition) is 2. The summed E-state index contributed by atoms with van der Waals surface area (Å²) in [5.74, 6) is 0.873. The van der Waals surface area contributed by atoms with Gasteiger partial charge in [0.15, 0.2) is 0 Å². The molecule has 0 bridgehead atoms. The lowest BCUT2D eigenvalue weighted by Gasteiger charge is -2.37. The van der Waals surface area contributed by atoms with Gasteiger partial charge in [-0.25, -0.2) is 0 Å². The highest BCUT2D eigenvalue weighted by Crippen LogP contribution is 2.24. The largest absolute Gasteiger partial charge is 0.399 e. The molecule has 0 amide bonds. The first kappa shape index (κ1) is 13.7. The van der Waals surface area contributed by atoms with Gasteiger partial charge in [-0.15, -0.1) is 0 Å². The summed E-state index contributed by atoms with van der Waals surface area (Å²) >= 11 is 0. The SMILES string of the molecule is Nc1ccc(N2CCC(CN3CCNCC3)CC2)cc1. The summed E-state index contributed by atoms with van der Waals surface area (Å²) in [4.78, 5) is 5.12. The lowest BCUT2D eigenvalue weighted by Crippen LogP contribution is -2.46. The van der Waals surface area contributed by atoms with Crippen LogP contribution in [0, 0.1) is 5.92 Å². The second-order valence-electron chi connectivity index (χ2n) is 6.07. The van der Waals surface area contributed by atoms with Crippen molar-refractivity contribution < 1.29 is 0 Å². The van der Waals surface area contributed by atoms with E-state index in [4.69, 9.17) is 5.73 Å². The van der Waals surface area contributed by atoms with Gasteiger partial charge in [0.05, 0.1) is 0 Å². The highest BCUT2D eigenvalue weighted by Gasteiger charge is 2.22. The predicted molar refractivity (Wildman–Crippen MR) is 85.1 cm³/mol. The normalized spacial score (nSPS) is 22.1. The number of nitrogen functional groups attached to an aromatic ring is 1. The maximum atomic E-state index is 5.75. The molecular formula is C16H26N4. The summed E-state index contributed by atoms with van der Waals surface area (Å²) in [6.45, 7) is 8.41. The minimum absolute atomic E-state index is 0.849. The quantitative estimate of drug-likeness (QED) is 0.818. The molecule has 110 valence electrons. The molecule has 0 aliphatic carbocycles. The van der Waals surface area contributed by atoms with Gasteiger partial charge < -0.3 is 20.9 Å². The van der Waals surface area contributed by atoms with Crippen molar-refractivity contribution in [3.8, 4) is 0 Å². The summed E-state index contributed by atoms with van der Waals surface area (Å²) in [5.41, 5.74) is 7.92. The third-order valence-corrected chi connectivity index (χ3v) is 4.60. The average molecular weight is 274 g/mol. The predicted octanol–water partition coefficient (Wildman–Crippen LogP) is 1.39. The van der Waals surface area contributed by atoms with E-state index in [0.29, 0.717) is 0 Å². The molecule has 2 saturated heterocycles. The van der Waals surface area contributed by atoms with Gasteiger partial charge in [0.1, 0.15) is 0 Å². The third kappa shape index (κ3) is 3.44. The van der Waals surface area contributed by atoms with Gasteiger partial charge in [-0.3, -0.25) is 0 Å². The zero-order valence-corrected chi connectivity index (χ0v) is 12.2. The van der Waals surface area contributed by atoms with E-state index in [1.165, 1.54) is 51.3 Å². The molecule has 2 aliphatic rings. The summed E-state index contributed by atoms with van der Waals surface area (Å²) < 4.78 is 0. The number of nitrogens with two attached hydrogens (primary N) is 1. The number of nitrogens with zero attached hydrogens (tertiary/aromatic N) is 2. The Morgan fingerprint density at radius 1 is 1.00 bits per heavy atom. The van der Waals surface area contributed by atoms with Crippen LogP contribution < -0.4 is 16.0 Å². The highest BCUT2D eigenvalue weighted by atomic mass is 15.2. The van der Waals surface area contributed by atoms with Crippen molar-refractivity contribution in [3.05, 3.63) is 24.3 Å². The average Bonchev–Trinajstić information content (AvgIpc) is 2.50. The molecule has 0 atom stereocenters. The Labute approximate surface area is 121 Å². The zero-order valence-electron chi connectivity index (χ0n) is 12.2. The molecule has 1 aromatic rings. The molecule has 4 nitrogen and oxygen atoms in total. The molecule has 4 heteroatoms. The van der Waals surface area contributed by atoms with Crippen LogP contribution in [0.2, 0.25) is 0 Å². The third-order valence-electron chi connectivity index (χ3n) is 4.60. The van der Waals surface area contributed by atoms with Crippen LogP contribution in [0.25, 0.3) is 0 Å². The maximum absolute atomic E-state index is 5.75. The van der Waals surface area contributed by atoms with E-state index in [2.05, 4.69) is 27.2 Å². The van der Waals surface area contributed by atoms with Crippen molar-refractivity contribution in [1.82, 2.24) is 10.2 Å². The molecule has 20 heavy (non-hydrogen) atoms. The number of piperazine rings is 1. The Morgan fingerprint density at radius 2 is 1.65 bits per heavy atom. The standard InChI is InChI=1S/C16H26N4/c17-15-1-3-16(4-2-15)20-9-5-14(6-10-20)13-19-11-7-18-8-12-19/h1-4,14,18H,5-13,17H2. The molecule has 3 N–H and O–H groups in total. The molecule has 2 aliphatic heterocycles. The molecule has 0 spiro atoms. The number of nitrogens with one attached hydrogen (secondary N) is 1. The Hall–Kier alpha value is -1.26. The van der Waals surface area contributed by atoms with Gasteiger partial charge in [-0.1, -0.05) is 0 Å². The molecular weight excluding hydrogens is 248 g/mol. The van der Waals surface area contributed by atoms with Crippen LogP contribution in [0.1, 0.15) is 12.8 Å². The van der Waals surface area contributed by atoms with Crippen molar-refractivity contribution in [2.75, 3.05) is 56.4 Å². The second kappa shape index (κ2) is 6.46. The van der Waals surface area contributed by atoms with Gasteiger partial charge in [0.25, 0.3) is 0 Å². The van der Waals surface area contributed by atoms with Crippen LogP contribution in [-0.4, -0.2) is 50.7 Å². The topological polar surface area (TPSA) is 44.5 Å². The van der Waals surface area contributed by atoms with Crippen molar-refractivity contribution in [2.24, 2.45) is 5.92 Å². The van der Waals surface area contributed by atoms with Gasteiger partial charge in [0, 0.05) is 57.2 Å². The van der Waals surface area contributed by atoms with Gasteiger partial charge in [-0.05, 0) is 43.0 Å². The first-order valence-electron chi connectivity index (χ1n) is 7.85. The van der Waals surface area contributed by atoms with Crippen molar-refractivity contribution in [1.29, 1.82) is 0 Å². The van der Waals surface area contributed by atoms with Crippen LogP contribution >= 0.6 is 0 Å². The first-order chi connectivity index (χ1) is 9.81. The summed E-state index contributed by atoms with van der Waals surface area (Å²) in [7, 11) is 0. The van der Waals surface area contributed by atoms with Gasteiger partial charge in [-0.2, -0.15) is 0 Å². The number of rotatable bonds is 3. The molecule has 0 unspecified atom stereocenters. The lowest BCUT2D eigenvalue weighted by molar-refractivity contribution is 0.190.